The summed E-state index contributed by atoms with van der Waals surface area (Å²) in [5, 5.41) is -0.358. The van der Waals surface area contributed by atoms with E-state index in [0.29, 0.717) is 0 Å². The molecule has 0 radical (unpaired) electrons. The molecular weight excluding hydrogens is 467 g/mol. The summed E-state index contributed by atoms with van der Waals surface area (Å²) in [6.45, 7) is 0. The molecule has 1 heterocycles. The number of hydrogen-bond donors (Lipinski definition) is 1. The van der Waals surface area contributed by atoms with Crippen molar-refractivity contribution in [3.63, 3.8) is 0 Å². The number of hydrogen-bond acceptors (Lipinski definition) is 2. The molecule has 0 aromatic heterocycles. The summed E-state index contributed by atoms with van der Waals surface area (Å²) in [6, 6.07) is 1.66. The third-order valence-corrected chi connectivity index (χ3v) is 4.18. The summed E-state index contributed by atoms with van der Waals surface area (Å²) in [7, 11) is 0. The summed E-state index contributed by atoms with van der Waals surface area (Å²) in [6.07, 6.45) is -6.34. The average molecular weight is 471 g/mol. The Hall–Kier alpha value is -1.11. The van der Waals surface area contributed by atoms with E-state index in [1.807, 2.05) is 0 Å². The van der Waals surface area contributed by atoms with E-state index in [2.05, 4.69) is 4.74 Å². The lowest BCUT2D eigenvalue weighted by molar-refractivity contribution is -0.366. The van der Waals surface area contributed by atoms with Crippen LogP contribution < -0.4 is 5.32 Å². The summed E-state index contributed by atoms with van der Waals surface area (Å²) in [4.78, 5) is 11.6. The predicted octanol–water partition coefficient (Wildman–Crippen LogP) is 5.78. The largest absolute Gasteiger partial charge is 0.428 e. The maximum Gasteiger partial charge on any atom is 0.428 e. The Labute approximate surface area is 158 Å². The van der Waals surface area contributed by atoms with E-state index in [0.717, 1.165) is 17.4 Å². The fourth-order valence-corrected chi connectivity index (χ4v) is 2.86. The van der Waals surface area contributed by atoms with Gasteiger partial charge in [0.1, 0.15) is 0 Å². The average Bonchev–Trinajstić information content (AvgIpc) is 2.58. The van der Waals surface area contributed by atoms with Crippen molar-refractivity contribution in [2.75, 3.05) is 5.32 Å². The Bertz CT molecular complexity index is 781. The van der Waals surface area contributed by atoms with Crippen molar-refractivity contribution in [3.8, 4) is 0 Å². The minimum absolute atomic E-state index is 0.165. The Morgan fingerprint density at radius 3 is 1.74 bits per heavy atom. The normalized spacial score (nSPS) is 26.1. The van der Waals surface area contributed by atoms with Gasteiger partial charge in [-0.3, -0.25) is 9.53 Å². The van der Waals surface area contributed by atoms with Crippen LogP contribution in [-0.4, -0.2) is 35.6 Å². The molecule has 1 aliphatic rings. The summed E-state index contributed by atoms with van der Waals surface area (Å²) < 4.78 is 123. The zero-order valence-electron chi connectivity index (χ0n) is 12.0. The van der Waals surface area contributed by atoms with Crippen LogP contribution in [0.2, 0.25) is 15.1 Å². The molecule has 27 heavy (non-hydrogen) atoms. The van der Waals surface area contributed by atoms with E-state index in [-0.39, 0.29) is 5.02 Å². The number of rotatable bonds is 3. The lowest BCUT2D eigenvalue weighted by Gasteiger charge is -2.31. The zero-order chi connectivity index (χ0) is 21.2. The van der Waals surface area contributed by atoms with Gasteiger partial charge in [-0.25, -0.2) is 0 Å². The minimum atomic E-state index is -6.79. The molecule has 0 spiro atoms. The molecule has 0 unspecified atom stereocenters. The molecule has 1 atom stereocenters. The first-order valence-corrected chi connectivity index (χ1v) is 7.42. The molecular formula is C12H3Cl3F9NO2. The summed E-state index contributed by atoms with van der Waals surface area (Å²) >= 11 is 16.6. The van der Waals surface area contributed by atoms with Crippen LogP contribution in [0.15, 0.2) is 12.1 Å². The van der Waals surface area contributed by atoms with Crippen molar-refractivity contribution < 1.29 is 49.0 Å². The quantitative estimate of drug-likeness (QED) is 0.569. The third-order valence-electron chi connectivity index (χ3n) is 3.37. The van der Waals surface area contributed by atoms with E-state index < -0.39 is 51.4 Å². The number of carbonyl (C=O) groups excluding carboxylic acids is 1. The van der Waals surface area contributed by atoms with Gasteiger partial charge in [0.2, 0.25) is 0 Å². The van der Waals surface area contributed by atoms with Gasteiger partial charge in [0.15, 0.2) is 0 Å². The molecule has 1 N–H and O–H groups in total. The highest BCUT2D eigenvalue weighted by Crippen LogP contribution is 2.64. The number of benzene rings is 1. The van der Waals surface area contributed by atoms with Gasteiger partial charge in [0, 0.05) is 5.02 Å². The molecule has 0 saturated carbocycles. The smallest absolute Gasteiger partial charge is 0.318 e. The fraction of sp³-hybridized carbons (Fsp3) is 0.417. The van der Waals surface area contributed by atoms with Gasteiger partial charge in [0.25, 0.3) is 0 Å². The van der Waals surface area contributed by atoms with Gasteiger partial charge in [-0.05, 0) is 12.1 Å². The van der Waals surface area contributed by atoms with Crippen molar-refractivity contribution in [2.24, 2.45) is 0 Å². The summed E-state index contributed by atoms with van der Waals surface area (Å²) in [5.74, 6) is -29.2. The van der Waals surface area contributed by atoms with Crippen LogP contribution in [0.1, 0.15) is 0 Å². The molecule has 1 aromatic rings. The van der Waals surface area contributed by atoms with Crippen molar-refractivity contribution in [1.29, 1.82) is 0 Å². The SMILES string of the molecule is O=C(Nc1c(Cl)cc(Cl)cc1Cl)C(F)(F)[C@]1(F)OC(F)(F)C(F)(F)C1(F)F. The first-order valence-electron chi connectivity index (χ1n) is 6.28. The monoisotopic (exact) mass is 469 g/mol. The Morgan fingerprint density at radius 1 is 0.926 bits per heavy atom. The lowest BCUT2D eigenvalue weighted by atomic mass is 9.99. The third kappa shape index (κ3) is 2.91. The van der Waals surface area contributed by atoms with Crippen molar-refractivity contribution in [1.82, 2.24) is 0 Å². The van der Waals surface area contributed by atoms with Crippen molar-refractivity contribution in [3.05, 3.63) is 27.2 Å². The second kappa shape index (κ2) is 6.19. The number of amides is 1. The highest BCUT2D eigenvalue weighted by molar-refractivity contribution is 6.42. The van der Waals surface area contributed by atoms with Gasteiger partial charge in [-0.2, -0.15) is 39.5 Å². The van der Waals surface area contributed by atoms with E-state index in [1.165, 1.54) is 0 Å². The van der Waals surface area contributed by atoms with Gasteiger partial charge in [0.05, 0.1) is 15.7 Å². The maximum atomic E-state index is 14.0. The molecule has 1 amide bonds. The first-order chi connectivity index (χ1) is 11.9. The molecule has 3 nitrogen and oxygen atoms in total. The lowest BCUT2D eigenvalue weighted by Crippen LogP contribution is -2.63. The second-order valence-electron chi connectivity index (χ2n) is 5.14. The highest BCUT2D eigenvalue weighted by Gasteiger charge is 2.96. The van der Waals surface area contributed by atoms with Crippen LogP contribution in [0.4, 0.5) is 45.2 Å². The molecule has 2 rings (SSSR count). The minimum Gasteiger partial charge on any atom is -0.318 e. The van der Waals surface area contributed by atoms with Crippen LogP contribution in [0, 0.1) is 0 Å². The zero-order valence-corrected chi connectivity index (χ0v) is 14.3. The van der Waals surface area contributed by atoms with Gasteiger partial charge in [-0.1, -0.05) is 34.8 Å². The molecule has 1 aromatic carbocycles. The van der Waals surface area contributed by atoms with Gasteiger partial charge < -0.3 is 5.32 Å². The van der Waals surface area contributed by atoms with Crippen LogP contribution in [0.5, 0.6) is 0 Å². The van der Waals surface area contributed by atoms with Crippen LogP contribution in [0.25, 0.3) is 0 Å². The molecule has 1 fully saturated rings. The molecule has 0 aliphatic carbocycles. The van der Waals surface area contributed by atoms with Crippen molar-refractivity contribution >= 4 is 46.4 Å². The molecule has 0 bridgehead atoms. The highest BCUT2D eigenvalue weighted by atomic mass is 35.5. The van der Waals surface area contributed by atoms with E-state index in [4.69, 9.17) is 34.8 Å². The van der Waals surface area contributed by atoms with Crippen LogP contribution in [-0.2, 0) is 9.53 Å². The Kier molecular flexibility index (Phi) is 5.09. The number of halogens is 12. The van der Waals surface area contributed by atoms with Crippen molar-refractivity contribution in [2.45, 2.75) is 29.7 Å². The fourth-order valence-electron chi connectivity index (χ4n) is 1.95. The Balaban J connectivity index is 2.48. The van der Waals surface area contributed by atoms with E-state index >= 15 is 0 Å². The Morgan fingerprint density at radius 2 is 1.37 bits per heavy atom. The number of nitrogens with one attached hydrogen (secondary N) is 1. The predicted molar refractivity (Wildman–Crippen MR) is 74.8 cm³/mol. The van der Waals surface area contributed by atoms with Gasteiger partial charge in [-0.15, -0.1) is 0 Å². The number of anilines is 1. The molecule has 15 heteroatoms. The number of carbonyl (C=O) groups is 1. The number of ether oxygens (including phenoxy) is 1. The first kappa shape index (κ1) is 22.2. The number of alkyl halides is 9. The van der Waals surface area contributed by atoms with Crippen LogP contribution in [0.3, 0.4) is 0 Å². The molecule has 152 valence electrons. The summed E-state index contributed by atoms with van der Waals surface area (Å²) in [5.41, 5.74) is -0.907. The maximum absolute atomic E-state index is 14.0. The molecule has 1 saturated heterocycles. The van der Waals surface area contributed by atoms with E-state index in [1.54, 1.807) is 0 Å². The second-order valence-corrected chi connectivity index (χ2v) is 6.39. The van der Waals surface area contributed by atoms with E-state index in [9.17, 15) is 44.3 Å². The van der Waals surface area contributed by atoms with Gasteiger partial charge >= 0.3 is 35.6 Å². The molecule has 1 aliphatic heterocycles. The standard InChI is InChI=1S/C12H3Cl3F9NO2/c13-3-1-4(14)6(5(15)2-3)25-7(26)8(16,17)11(22)9(18,19)10(20,21)12(23,24)27-11/h1-2H,(H,25,26)/t11-/m0/s1. The van der Waals surface area contributed by atoms with Crippen LogP contribution >= 0.6 is 34.8 Å². The topological polar surface area (TPSA) is 38.3 Å².